The first-order valence-electron chi connectivity index (χ1n) is 12.0. The SMILES string of the molecule is COC(=O)[C@H]1[C@@H](c2ccccc2)N([C@H]2O[C@H](C3COC(C)(C)O3)[C@@H]3OC(C)(C)O[C@@H]32)O[C@H]1C(=O)OC. The standard InChI is InChI=1S/C25H33NO10/c1-24(2)31-12-14(33-24)17-19-20(35-25(3,4)34-19)21(32-17)26-16(13-10-8-7-9-11-13)15(22(27)29-5)18(36-26)23(28)30-6/h7-11,14-21H,12H2,1-6H3/t14?,15-,16+,17+,18+,19-,20-,21-/m0/s1. The van der Waals surface area contributed by atoms with Gasteiger partial charge in [-0.25, -0.2) is 4.79 Å². The van der Waals surface area contributed by atoms with E-state index >= 15 is 0 Å². The largest absolute Gasteiger partial charge is 0.469 e. The Labute approximate surface area is 209 Å². The van der Waals surface area contributed by atoms with E-state index in [1.54, 1.807) is 0 Å². The molecule has 1 aromatic rings. The van der Waals surface area contributed by atoms with Crippen LogP contribution >= 0.6 is 0 Å². The quantitative estimate of drug-likeness (QED) is 0.543. The molecule has 0 saturated carbocycles. The molecular weight excluding hydrogens is 474 g/mol. The molecule has 0 amide bonds. The lowest BCUT2D eigenvalue weighted by atomic mass is 9.89. The molecule has 0 aromatic heterocycles. The topological polar surface area (TPSA) is 111 Å². The summed E-state index contributed by atoms with van der Waals surface area (Å²) in [5.74, 6) is -3.97. The Bertz CT molecular complexity index is 984. The van der Waals surface area contributed by atoms with Crippen molar-refractivity contribution >= 4 is 11.9 Å². The molecule has 1 aromatic carbocycles. The number of ether oxygens (including phenoxy) is 7. The van der Waals surface area contributed by atoms with Gasteiger partial charge in [-0.05, 0) is 33.3 Å². The van der Waals surface area contributed by atoms with Crippen LogP contribution in [0.1, 0.15) is 39.3 Å². The van der Waals surface area contributed by atoms with Gasteiger partial charge in [-0.2, -0.15) is 0 Å². The molecule has 4 saturated heterocycles. The Balaban J connectivity index is 1.53. The summed E-state index contributed by atoms with van der Waals surface area (Å²) in [6.07, 6.45) is -4.13. The third-order valence-electron chi connectivity index (χ3n) is 6.94. The zero-order valence-electron chi connectivity index (χ0n) is 21.2. The molecule has 11 heteroatoms. The molecule has 1 unspecified atom stereocenters. The second kappa shape index (κ2) is 9.32. The summed E-state index contributed by atoms with van der Waals surface area (Å²) in [5, 5.41) is 1.52. The van der Waals surface area contributed by atoms with Gasteiger partial charge < -0.3 is 33.2 Å². The Morgan fingerprint density at radius 3 is 2.17 bits per heavy atom. The van der Waals surface area contributed by atoms with Gasteiger partial charge in [0, 0.05) is 0 Å². The molecule has 0 radical (unpaired) electrons. The van der Waals surface area contributed by atoms with Gasteiger partial charge in [-0.1, -0.05) is 30.3 Å². The highest BCUT2D eigenvalue weighted by atomic mass is 16.8. The van der Waals surface area contributed by atoms with Crippen molar-refractivity contribution in [1.29, 1.82) is 0 Å². The summed E-state index contributed by atoms with van der Waals surface area (Å²) < 4.78 is 40.9. The number of esters is 2. The molecule has 0 aliphatic carbocycles. The van der Waals surface area contributed by atoms with Crippen LogP contribution in [0.15, 0.2) is 30.3 Å². The van der Waals surface area contributed by atoms with Crippen LogP contribution < -0.4 is 0 Å². The predicted octanol–water partition coefficient (Wildman–Crippen LogP) is 1.70. The average molecular weight is 508 g/mol. The summed E-state index contributed by atoms with van der Waals surface area (Å²) in [6.45, 7) is 7.64. The van der Waals surface area contributed by atoms with Crippen molar-refractivity contribution in [1.82, 2.24) is 5.06 Å². The Kier molecular flexibility index (Phi) is 6.61. The smallest absolute Gasteiger partial charge is 0.338 e. The third-order valence-corrected chi connectivity index (χ3v) is 6.94. The van der Waals surface area contributed by atoms with Crippen molar-refractivity contribution in [2.45, 2.75) is 82.1 Å². The lowest BCUT2D eigenvalue weighted by molar-refractivity contribution is -0.291. The minimum Gasteiger partial charge on any atom is -0.469 e. The van der Waals surface area contributed by atoms with Crippen LogP contribution in [0.2, 0.25) is 0 Å². The summed E-state index contributed by atoms with van der Waals surface area (Å²) in [4.78, 5) is 31.9. The number of hydrogen-bond acceptors (Lipinski definition) is 11. The molecule has 11 nitrogen and oxygen atoms in total. The second-order valence-corrected chi connectivity index (χ2v) is 10.2. The number of benzene rings is 1. The fourth-order valence-corrected chi connectivity index (χ4v) is 5.49. The molecule has 4 aliphatic rings. The molecule has 4 heterocycles. The Morgan fingerprint density at radius 2 is 1.56 bits per heavy atom. The number of methoxy groups -OCH3 is 2. The minimum atomic E-state index is -1.24. The normalized spacial score (nSPS) is 39.2. The van der Waals surface area contributed by atoms with Crippen LogP contribution in [0.5, 0.6) is 0 Å². The van der Waals surface area contributed by atoms with Crippen molar-refractivity contribution in [3.63, 3.8) is 0 Å². The van der Waals surface area contributed by atoms with Gasteiger partial charge in [0.2, 0.25) is 0 Å². The van der Waals surface area contributed by atoms with Gasteiger partial charge in [-0.3, -0.25) is 9.63 Å². The number of hydroxylamine groups is 2. The lowest BCUT2D eigenvalue weighted by Gasteiger charge is -2.33. The molecule has 0 bridgehead atoms. The van der Waals surface area contributed by atoms with E-state index < -0.39 is 72.2 Å². The van der Waals surface area contributed by atoms with E-state index in [1.807, 2.05) is 58.0 Å². The first kappa shape index (κ1) is 25.5. The van der Waals surface area contributed by atoms with Crippen LogP contribution in [-0.4, -0.2) is 86.2 Å². The van der Waals surface area contributed by atoms with Crippen molar-refractivity contribution < 1.29 is 47.6 Å². The van der Waals surface area contributed by atoms with Gasteiger partial charge in [0.25, 0.3) is 0 Å². The molecule has 4 aliphatic heterocycles. The van der Waals surface area contributed by atoms with Gasteiger partial charge in [0.1, 0.15) is 30.3 Å². The molecule has 0 spiro atoms. The van der Waals surface area contributed by atoms with Crippen LogP contribution in [0.3, 0.4) is 0 Å². The van der Waals surface area contributed by atoms with Crippen molar-refractivity contribution in [3.8, 4) is 0 Å². The van der Waals surface area contributed by atoms with Crippen LogP contribution in [0.25, 0.3) is 0 Å². The monoisotopic (exact) mass is 507 g/mol. The summed E-state index contributed by atoms with van der Waals surface area (Å²) in [7, 11) is 2.52. The third kappa shape index (κ3) is 4.43. The summed E-state index contributed by atoms with van der Waals surface area (Å²) in [6, 6.07) is 8.54. The zero-order chi connectivity index (χ0) is 25.8. The van der Waals surface area contributed by atoms with Crippen LogP contribution in [-0.2, 0) is 47.6 Å². The van der Waals surface area contributed by atoms with E-state index in [2.05, 4.69) is 0 Å². The van der Waals surface area contributed by atoms with Crippen molar-refractivity contribution in [2.24, 2.45) is 5.92 Å². The van der Waals surface area contributed by atoms with E-state index in [4.69, 9.17) is 38.0 Å². The second-order valence-electron chi connectivity index (χ2n) is 10.2. The molecule has 198 valence electrons. The number of carbonyl (C=O) groups excluding carboxylic acids is 2. The van der Waals surface area contributed by atoms with Gasteiger partial charge in [0.05, 0.1) is 26.9 Å². The molecule has 36 heavy (non-hydrogen) atoms. The zero-order valence-corrected chi connectivity index (χ0v) is 21.2. The highest BCUT2D eigenvalue weighted by Gasteiger charge is 2.64. The van der Waals surface area contributed by atoms with Crippen LogP contribution in [0, 0.1) is 5.92 Å². The highest BCUT2D eigenvalue weighted by Crippen LogP contribution is 2.49. The minimum absolute atomic E-state index is 0.315. The van der Waals surface area contributed by atoms with E-state index in [0.29, 0.717) is 6.61 Å². The first-order valence-corrected chi connectivity index (χ1v) is 12.0. The molecule has 0 N–H and O–H groups in total. The van der Waals surface area contributed by atoms with Gasteiger partial charge in [0.15, 0.2) is 23.9 Å². The van der Waals surface area contributed by atoms with Crippen molar-refractivity contribution in [3.05, 3.63) is 35.9 Å². The van der Waals surface area contributed by atoms with E-state index in [-0.39, 0.29) is 0 Å². The average Bonchev–Trinajstić information content (AvgIpc) is 3.57. The van der Waals surface area contributed by atoms with Crippen molar-refractivity contribution in [2.75, 3.05) is 20.8 Å². The van der Waals surface area contributed by atoms with E-state index in [1.165, 1.54) is 19.3 Å². The van der Waals surface area contributed by atoms with Gasteiger partial charge >= 0.3 is 11.9 Å². The van der Waals surface area contributed by atoms with Gasteiger partial charge in [-0.15, -0.1) is 5.06 Å². The fraction of sp³-hybridized carbons (Fsp3) is 0.680. The summed E-state index contributed by atoms with van der Waals surface area (Å²) in [5.41, 5.74) is 0.739. The highest BCUT2D eigenvalue weighted by molar-refractivity contribution is 5.85. The van der Waals surface area contributed by atoms with E-state index in [0.717, 1.165) is 5.56 Å². The predicted molar refractivity (Wildman–Crippen MR) is 121 cm³/mol. The van der Waals surface area contributed by atoms with E-state index in [9.17, 15) is 9.59 Å². The number of fused-ring (bicyclic) bond motifs is 1. The number of hydrogen-bond donors (Lipinski definition) is 0. The molecule has 8 atom stereocenters. The number of rotatable bonds is 5. The first-order chi connectivity index (χ1) is 17.0. The lowest BCUT2D eigenvalue weighted by Crippen LogP contribution is -2.44. The molecule has 5 rings (SSSR count). The number of nitrogens with zero attached hydrogens (tertiary/aromatic N) is 1. The Morgan fingerprint density at radius 1 is 0.889 bits per heavy atom. The maximum atomic E-state index is 13.0. The Hall–Kier alpha value is -2.12. The molecule has 4 fully saturated rings. The maximum absolute atomic E-state index is 13.0. The summed E-state index contributed by atoms with van der Waals surface area (Å²) >= 11 is 0. The van der Waals surface area contributed by atoms with Crippen LogP contribution in [0.4, 0.5) is 0 Å². The maximum Gasteiger partial charge on any atom is 0.338 e. The fourth-order valence-electron chi connectivity index (χ4n) is 5.49. The number of carbonyl (C=O) groups is 2. The molecular formula is C25H33NO10.